The first-order chi connectivity index (χ1) is 64.3. The van der Waals surface area contributed by atoms with E-state index in [0.717, 1.165) is 115 Å². The van der Waals surface area contributed by atoms with Gasteiger partial charge in [0.2, 0.25) is 0 Å². The molecule has 3 atom stereocenters. The summed E-state index contributed by atoms with van der Waals surface area (Å²) in [6.07, 6.45) is 21.4. The number of hydrogen-bond donors (Lipinski definition) is 7. The van der Waals surface area contributed by atoms with Crippen molar-refractivity contribution in [3.05, 3.63) is 328 Å². The number of anilines is 4. The van der Waals surface area contributed by atoms with Crippen molar-refractivity contribution in [2.75, 3.05) is 88.2 Å². The Morgan fingerprint density at radius 3 is 1.21 bits per heavy atom. The molecule has 25 nitrogen and oxygen atoms in total. The molecule has 8 amide bonds. The number of aromatic nitrogens is 2. The summed E-state index contributed by atoms with van der Waals surface area (Å²) in [7, 11) is 7.85. The van der Waals surface area contributed by atoms with Crippen LogP contribution in [0.3, 0.4) is 0 Å². The molecule has 0 radical (unpaired) electrons. The first kappa shape index (κ1) is 89.4. The fourth-order valence-electron chi connectivity index (χ4n) is 17.3. The number of aryl methyl sites for hydroxylation is 1. The van der Waals surface area contributed by atoms with Crippen LogP contribution in [0.1, 0.15) is 131 Å². The first-order valence-electron chi connectivity index (χ1n) is 43.6. The maximum Gasteiger partial charge on any atom is 0.256 e. The average Bonchev–Trinajstić information content (AvgIpc) is 1.66. The van der Waals surface area contributed by atoms with Gasteiger partial charge in [0.15, 0.2) is 0 Å². The maximum absolute atomic E-state index is 13.7. The predicted octanol–water partition coefficient (Wildman–Crippen LogP) is 17.8. The molecule has 8 aromatic carbocycles. The molecule has 0 bridgehead atoms. The summed E-state index contributed by atoms with van der Waals surface area (Å²) in [4.78, 5) is 113. The highest BCUT2D eigenvalue weighted by molar-refractivity contribution is 6.37. The van der Waals surface area contributed by atoms with Crippen LogP contribution in [-0.2, 0) is 32.8 Å². The number of furan rings is 4. The van der Waals surface area contributed by atoms with Gasteiger partial charge in [-0.3, -0.25) is 43.3 Å². The van der Waals surface area contributed by atoms with Gasteiger partial charge in [-0.2, -0.15) is 0 Å². The van der Waals surface area contributed by atoms with Gasteiger partial charge >= 0.3 is 0 Å². The number of hydrogen-bond acceptors (Lipinski definition) is 16. The molecule has 3 unspecified atom stereocenters. The lowest BCUT2D eigenvalue weighted by molar-refractivity contribution is -0.111. The zero-order chi connectivity index (χ0) is 92.7. The highest BCUT2D eigenvalue weighted by atomic mass is 19.1. The van der Waals surface area contributed by atoms with Crippen LogP contribution < -0.4 is 37.2 Å². The molecule has 5 aromatic heterocycles. The lowest BCUT2D eigenvalue weighted by atomic mass is 10.0. The molecule has 20 rings (SSSR count). The predicted molar refractivity (Wildman–Crippen MR) is 501 cm³/mol. The van der Waals surface area contributed by atoms with Gasteiger partial charge in [-0.1, -0.05) is 55.5 Å². The number of amides is 8. The van der Waals surface area contributed by atoms with Gasteiger partial charge < -0.3 is 74.2 Å². The summed E-state index contributed by atoms with van der Waals surface area (Å²) in [5.74, 6) is -1.45. The fraction of sp³-hybridized carbons (Fsp3) is 0.202. The smallest absolute Gasteiger partial charge is 0.256 e. The minimum atomic E-state index is -0.422. The molecule has 3 saturated heterocycles. The van der Waals surface area contributed by atoms with Crippen molar-refractivity contribution >= 4 is 117 Å². The number of nitrogens with one attached hydrogen (secondary N) is 7. The Labute approximate surface area is 762 Å². The number of nitrogens with zero attached hydrogens (tertiary/aromatic N) is 6. The molecule has 0 aliphatic carbocycles. The number of likely N-dealkylation sites (tertiary alicyclic amines) is 3. The highest BCUT2D eigenvalue weighted by Crippen LogP contribution is 2.41. The van der Waals surface area contributed by atoms with Crippen LogP contribution in [0.25, 0.3) is 91.1 Å². The summed E-state index contributed by atoms with van der Waals surface area (Å²) in [5, 5.41) is 20.0. The lowest BCUT2D eigenvalue weighted by Crippen LogP contribution is -2.46. The number of benzene rings is 8. The van der Waals surface area contributed by atoms with Gasteiger partial charge in [-0.25, -0.2) is 22.5 Å². The van der Waals surface area contributed by atoms with E-state index in [9.17, 15) is 55.9 Å². The third-order valence-corrected chi connectivity index (χ3v) is 24.4. The average molecular weight is 1790 g/mol. The molecule has 13 aromatic rings. The molecule has 133 heavy (non-hydrogen) atoms. The number of likely N-dealkylation sites (N-methyl/N-ethyl adjacent to an activating group) is 4. The third kappa shape index (κ3) is 20.7. The molecule has 3 fully saturated rings. The van der Waals surface area contributed by atoms with Gasteiger partial charge in [0.1, 0.15) is 46.3 Å². The topological polar surface area (TPSA) is 304 Å². The summed E-state index contributed by atoms with van der Waals surface area (Å²) < 4.78 is 79.1. The van der Waals surface area contributed by atoms with Crippen molar-refractivity contribution in [3.63, 3.8) is 0 Å². The number of rotatable bonds is 19. The zero-order valence-corrected chi connectivity index (χ0v) is 73.3. The summed E-state index contributed by atoms with van der Waals surface area (Å²) in [5.41, 5.74) is 15.2. The first-order valence-corrected chi connectivity index (χ1v) is 43.6. The van der Waals surface area contributed by atoms with Crippen LogP contribution in [0.4, 0.5) is 40.3 Å². The number of carbonyl (C=O) groups is 8. The standard InChI is InChI=1S/C27H26FN3O3.2C26H24FN3O3.C25H19FN4O3/c1-2-31-10-4-7-21(31)15-29-26(32)18-6-3-5-17(11-18)19-12-22(34-16-19)14-24-23-13-20(28)8-9-25(23)30-27(24)33;1-29-9-8-20(14-29)30(2)26(32)17-5-3-4-16(10-17)18-11-21(33-15-18)13-23-22-12-19(27)6-7-24(22)28-25(23)31;1-30-9-3-6-20(14-30)28-25(31)17-5-2-4-16(10-17)18-11-21(33-15-18)13-23-22-12-19(27)7-8-24(22)29-26(23)32;1-30-14-27-11-19(30)12-28-24(31)16-4-2-3-15(7-16)17-8-20(33-13-17)10-22-21-9-18(26)5-6-23(21)29-25(22)32/h3,5-6,8-9,11-14,16,21H,2,4,7,10,15H2,1H3,(H,29,32)(H,30,33);3-7,10-13,15,20H,8-9,14H2,1-2H3,(H,28,31);2,4-5,7-8,10-13,15,20H,3,6,9,14H2,1H3,(H,28,31)(H,29,32);2-11,13-14H,12H2,1H3,(H,28,31)(H,29,32)/b24-14+;2*23-13+;22-10+. The second kappa shape index (κ2) is 39.4. The Balaban J connectivity index is 0.000000124. The van der Waals surface area contributed by atoms with Crippen molar-refractivity contribution in [2.45, 2.75) is 63.7 Å². The number of carbonyl (C=O) groups excluding carboxylic acids is 8. The Hall–Kier alpha value is -15.6. The SMILES string of the molecule is CCN1CCCC1CNC(=O)c1cccc(-c2coc(/C=C3/C(=O)Nc4ccc(F)cc43)c2)c1.CN1CCC(N(C)C(=O)c2cccc(-c3coc(/C=C4/C(=O)Nc5ccc(F)cc54)c3)c2)C1.CN1CCCC(NC(=O)c2cccc(-c3coc(/C=C4/C(=O)Nc5ccc(F)cc54)c3)c2)C1.Cn1cncc1CNC(=O)c1cccc(-c2coc(/C=C3/C(=O)Nc4ccc(F)cc43)c2)c1. The molecular formula is C104H93F4N13O12. The van der Waals surface area contributed by atoms with Crippen LogP contribution in [0, 0.1) is 23.3 Å². The van der Waals surface area contributed by atoms with Gasteiger partial charge in [-0.15, -0.1) is 0 Å². The van der Waals surface area contributed by atoms with Crippen molar-refractivity contribution in [2.24, 2.45) is 7.05 Å². The molecule has 7 aliphatic rings. The van der Waals surface area contributed by atoms with Crippen molar-refractivity contribution in [1.29, 1.82) is 0 Å². The molecule has 674 valence electrons. The fourth-order valence-corrected chi connectivity index (χ4v) is 17.3. The van der Waals surface area contributed by atoms with E-state index in [1.165, 1.54) is 61.0 Å². The molecule has 7 N–H and O–H groups in total. The maximum atomic E-state index is 13.7. The number of halogens is 4. The Bertz CT molecular complexity index is 6850. The summed E-state index contributed by atoms with van der Waals surface area (Å²) in [6.45, 7) is 9.03. The van der Waals surface area contributed by atoms with Crippen molar-refractivity contribution < 1.29 is 73.6 Å². The number of fused-ring (bicyclic) bond motifs is 4. The molecule has 29 heteroatoms. The minimum absolute atomic E-state index is 0.00996. The van der Waals surface area contributed by atoms with Crippen LogP contribution in [0.5, 0.6) is 0 Å². The monoisotopic (exact) mass is 1790 g/mol. The molecule has 0 spiro atoms. The van der Waals surface area contributed by atoms with E-state index in [0.29, 0.717) is 132 Å². The largest absolute Gasteiger partial charge is 0.464 e. The van der Waals surface area contributed by atoms with E-state index in [1.807, 2.05) is 90.3 Å². The number of imidazole rings is 1. The van der Waals surface area contributed by atoms with E-state index in [4.69, 9.17) is 17.7 Å². The van der Waals surface area contributed by atoms with E-state index < -0.39 is 23.3 Å². The van der Waals surface area contributed by atoms with Gasteiger partial charge in [0.25, 0.3) is 47.3 Å². The normalized spacial score (nSPS) is 17.8. The quantitative estimate of drug-likeness (QED) is 0.0292. The highest BCUT2D eigenvalue weighted by Gasteiger charge is 2.33. The molecule has 0 saturated carbocycles. The number of piperidine rings is 1. The van der Waals surface area contributed by atoms with E-state index in [-0.39, 0.29) is 59.3 Å². The van der Waals surface area contributed by atoms with Crippen LogP contribution >= 0.6 is 0 Å². The second-order valence-electron chi connectivity index (χ2n) is 33.6. The lowest BCUT2D eigenvalue weighted by Gasteiger charge is -2.30. The third-order valence-electron chi connectivity index (χ3n) is 24.4. The van der Waals surface area contributed by atoms with Crippen LogP contribution in [-0.4, -0.2) is 161 Å². The molecule has 12 heterocycles. The van der Waals surface area contributed by atoms with Gasteiger partial charge in [0, 0.05) is 148 Å². The zero-order valence-electron chi connectivity index (χ0n) is 73.3. The minimum Gasteiger partial charge on any atom is -0.464 e. The van der Waals surface area contributed by atoms with Gasteiger partial charge in [0.05, 0.1) is 65.9 Å². The van der Waals surface area contributed by atoms with Crippen LogP contribution in [0.15, 0.2) is 249 Å². The van der Waals surface area contributed by atoms with Crippen molar-refractivity contribution in [3.8, 4) is 44.5 Å². The van der Waals surface area contributed by atoms with Gasteiger partial charge in [-0.05, 0) is 265 Å². The van der Waals surface area contributed by atoms with E-state index >= 15 is 0 Å². The molecule has 7 aliphatic heterocycles. The molecular weight excluding hydrogens is 1700 g/mol. The Morgan fingerprint density at radius 1 is 0.444 bits per heavy atom. The summed E-state index contributed by atoms with van der Waals surface area (Å²) in [6, 6.07) is 53.9. The van der Waals surface area contributed by atoms with E-state index in [2.05, 4.69) is 77.9 Å². The Morgan fingerprint density at radius 2 is 0.827 bits per heavy atom. The van der Waals surface area contributed by atoms with Crippen molar-refractivity contribution in [1.82, 2.24) is 45.1 Å². The summed E-state index contributed by atoms with van der Waals surface area (Å²) >= 11 is 0. The van der Waals surface area contributed by atoms with E-state index in [1.54, 1.807) is 135 Å². The Kier molecular flexibility index (Phi) is 26.5. The second-order valence-corrected chi connectivity index (χ2v) is 33.6. The van der Waals surface area contributed by atoms with Crippen LogP contribution in [0.2, 0.25) is 0 Å².